The zero-order chi connectivity index (χ0) is 13.7. The summed E-state index contributed by atoms with van der Waals surface area (Å²) >= 11 is 0. The van der Waals surface area contributed by atoms with Gasteiger partial charge in [0, 0.05) is 18.3 Å². The molecule has 19 heavy (non-hydrogen) atoms. The van der Waals surface area contributed by atoms with E-state index in [-0.39, 0.29) is 5.56 Å². The van der Waals surface area contributed by atoms with E-state index < -0.39 is 0 Å². The molecule has 0 aromatic carbocycles. The van der Waals surface area contributed by atoms with E-state index in [1.165, 1.54) is 6.07 Å². The van der Waals surface area contributed by atoms with Crippen molar-refractivity contribution in [3.05, 3.63) is 52.3 Å². The van der Waals surface area contributed by atoms with Crippen molar-refractivity contribution in [3.8, 4) is 0 Å². The second kappa shape index (κ2) is 6.13. The number of pyridine rings is 1. The second-order valence-corrected chi connectivity index (χ2v) is 4.44. The number of hydrogen-bond donors (Lipinski definition) is 1. The van der Waals surface area contributed by atoms with E-state index in [1.807, 2.05) is 18.2 Å². The van der Waals surface area contributed by atoms with Crippen LogP contribution in [0.25, 0.3) is 0 Å². The van der Waals surface area contributed by atoms with Crippen molar-refractivity contribution in [2.45, 2.75) is 26.8 Å². The first-order valence-corrected chi connectivity index (χ1v) is 6.42. The fraction of sp³-hybridized carbons (Fsp3) is 0.357. The van der Waals surface area contributed by atoms with Gasteiger partial charge in [0.25, 0.3) is 5.56 Å². The quantitative estimate of drug-likeness (QED) is 0.888. The zero-order valence-electron chi connectivity index (χ0n) is 11.3. The number of aryl methyl sites for hydroxylation is 1. The van der Waals surface area contributed by atoms with Gasteiger partial charge in [0.1, 0.15) is 5.82 Å². The molecule has 0 saturated carbocycles. The predicted octanol–water partition coefficient (Wildman–Crippen LogP) is 1.82. The molecule has 0 bridgehead atoms. The Morgan fingerprint density at radius 1 is 1.37 bits per heavy atom. The Hall–Kier alpha value is -2.17. The van der Waals surface area contributed by atoms with Crippen LogP contribution >= 0.6 is 0 Å². The smallest absolute Gasteiger partial charge is 0.253 e. The molecule has 5 heteroatoms. The maximum atomic E-state index is 11.8. The minimum atomic E-state index is -0.0544. The molecule has 0 aliphatic heterocycles. The SMILES string of the molecule is CCCNc1cccc(Cn2cnc(C)cc2=O)n1. The highest BCUT2D eigenvalue weighted by atomic mass is 16.1. The van der Waals surface area contributed by atoms with Crippen LogP contribution < -0.4 is 10.9 Å². The van der Waals surface area contributed by atoms with Gasteiger partial charge < -0.3 is 5.32 Å². The molecule has 0 atom stereocenters. The highest BCUT2D eigenvalue weighted by molar-refractivity contribution is 5.35. The molecule has 2 heterocycles. The van der Waals surface area contributed by atoms with Gasteiger partial charge >= 0.3 is 0 Å². The van der Waals surface area contributed by atoms with Crippen LogP contribution in [0.4, 0.5) is 5.82 Å². The van der Waals surface area contributed by atoms with Crippen LogP contribution in [0.2, 0.25) is 0 Å². The molecule has 100 valence electrons. The average molecular weight is 258 g/mol. The molecule has 0 aliphatic rings. The molecule has 0 saturated heterocycles. The Morgan fingerprint density at radius 3 is 2.95 bits per heavy atom. The first-order chi connectivity index (χ1) is 9.19. The van der Waals surface area contributed by atoms with Crippen LogP contribution in [0.5, 0.6) is 0 Å². The Bertz CT molecular complexity index is 606. The Kier molecular flexibility index (Phi) is 4.28. The van der Waals surface area contributed by atoms with Gasteiger partial charge in [-0.2, -0.15) is 0 Å². The molecule has 2 aromatic heterocycles. The molecular weight excluding hydrogens is 240 g/mol. The van der Waals surface area contributed by atoms with Crippen molar-refractivity contribution in [1.82, 2.24) is 14.5 Å². The van der Waals surface area contributed by atoms with Crippen LogP contribution in [-0.2, 0) is 6.54 Å². The molecule has 2 aromatic rings. The van der Waals surface area contributed by atoms with Gasteiger partial charge in [0.15, 0.2) is 0 Å². The van der Waals surface area contributed by atoms with Crippen LogP contribution in [0, 0.1) is 6.92 Å². The molecule has 5 nitrogen and oxygen atoms in total. The van der Waals surface area contributed by atoms with Crippen molar-refractivity contribution < 1.29 is 0 Å². The van der Waals surface area contributed by atoms with Crippen molar-refractivity contribution >= 4 is 5.82 Å². The summed E-state index contributed by atoms with van der Waals surface area (Å²) in [5, 5.41) is 3.23. The molecule has 0 spiro atoms. The topological polar surface area (TPSA) is 59.8 Å². The predicted molar refractivity (Wildman–Crippen MR) is 75.4 cm³/mol. The lowest BCUT2D eigenvalue weighted by atomic mass is 10.3. The van der Waals surface area contributed by atoms with Crippen LogP contribution in [0.1, 0.15) is 24.7 Å². The van der Waals surface area contributed by atoms with E-state index in [9.17, 15) is 4.79 Å². The third-order valence-electron chi connectivity index (χ3n) is 2.71. The summed E-state index contributed by atoms with van der Waals surface area (Å²) in [7, 11) is 0. The maximum Gasteiger partial charge on any atom is 0.253 e. The minimum absolute atomic E-state index is 0.0544. The zero-order valence-corrected chi connectivity index (χ0v) is 11.3. The highest BCUT2D eigenvalue weighted by Gasteiger charge is 2.01. The van der Waals surface area contributed by atoms with Crippen molar-refractivity contribution in [1.29, 1.82) is 0 Å². The van der Waals surface area contributed by atoms with Crippen molar-refractivity contribution in [2.24, 2.45) is 0 Å². The van der Waals surface area contributed by atoms with E-state index in [0.29, 0.717) is 6.54 Å². The lowest BCUT2D eigenvalue weighted by Gasteiger charge is -2.08. The molecule has 0 amide bonds. The summed E-state index contributed by atoms with van der Waals surface area (Å²) in [5.74, 6) is 0.840. The normalized spacial score (nSPS) is 10.4. The molecule has 1 N–H and O–H groups in total. The first-order valence-electron chi connectivity index (χ1n) is 6.42. The van der Waals surface area contributed by atoms with Gasteiger partial charge in [0.05, 0.1) is 18.6 Å². The summed E-state index contributed by atoms with van der Waals surface area (Å²) in [4.78, 5) is 20.4. The third kappa shape index (κ3) is 3.64. The Balaban J connectivity index is 2.16. The van der Waals surface area contributed by atoms with E-state index in [0.717, 1.165) is 30.2 Å². The molecule has 0 fully saturated rings. The number of hydrogen-bond acceptors (Lipinski definition) is 4. The van der Waals surface area contributed by atoms with E-state index in [4.69, 9.17) is 0 Å². The molecule has 0 radical (unpaired) electrons. The first kappa shape index (κ1) is 13.3. The summed E-state index contributed by atoms with van der Waals surface area (Å²) in [6.45, 7) is 5.24. The Morgan fingerprint density at radius 2 is 2.21 bits per heavy atom. The second-order valence-electron chi connectivity index (χ2n) is 4.44. The van der Waals surface area contributed by atoms with Gasteiger partial charge in [-0.3, -0.25) is 9.36 Å². The minimum Gasteiger partial charge on any atom is -0.370 e. The van der Waals surface area contributed by atoms with Gasteiger partial charge in [-0.05, 0) is 25.5 Å². The fourth-order valence-corrected chi connectivity index (χ4v) is 1.73. The molecule has 0 unspecified atom stereocenters. The van der Waals surface area contributed by atoms with Gasteiger partial charge in [0.2, 0.25) is 0 Å². The summed E-state index contributed by atoms with van der Waals surface area (Å²) < 4.78 is 1.55. The monoisotopic (exact) mass is 258 g/mol. The molecular formula is C14H18N4O. The maximum absolute atomic E-state index is 11.8. The van der Waals surface area contributed by atoms with Gasteiger partial charge in [-0.15, -0.1) is 0 Å². The van der Waals surface area contributed by atoms with Crippen molar-refractivity contribution in [2.75, 3.05) is 11.9 Å². The number of nitrogens with one attached hydrogen (secondary N) is 1. The number of anilines is 1. The largest absolute Gasteiger partial charge is 0.370 e. The average Bonchev–Trinajstić information content (AvgIpc) is 2.40. The van der Waals surface area contributed by atoms with Gasteiger partial charge in [-0.1, -0.05) is 13.0 Å². The molecule has 2 rings (SSSR count). The van der Waals surface area contributed by atoms with Gasteiger partial charge in [-0.25, -0.2) is 9.97 Å². The summed E-state index contributed by atoms with van der Waals surface area (Å²) in [5.41, 5.74) is 1.52. The highest BCUT2D eigenvalue weighted by Crippen LogP contribution is 2.05. The van der Waals surface area contributed by atoms with Crippen molar-refractivity contribution in [3.63, 3.8) is 0 Å². The molecule has 0 aliphatic carbocycles. The standard InChI is InChI=1S/C14H18N4O/c1-3-7-15-13-6-4-5-12(17-13)9-18-10-16-11(2)8-14(18)19/h4-6,8,10H,3,7,9H2,1-2H3,(H,15,17). The van der Waals surface area contributed by atoms with E-state index in [1.54, 1.807) is 17.8 Å². The van der Waals surface area contributed by atoms with Crippen LogP contribution in [0.3, 0.4) is 0 Å². The number of aromatic nitrogens is 3. The van der Waals surface area contributed by atoms with E-state index >= 15 is 0 Å². The third-order valence-corrected chi connectivity index (χ3v) is 2.71. The summed E-state index contributed by atoms with van der Waals surface area (Å²) in [6, 6.07) is 7.30. The number of nitrogens with zero attached hydrogens (tertiary/aromatic N) is 3. The van der Waals surface area contributed by atoms with E-state index in [2.05, 4.69) is 22.2 Å². The summed E-state index contributed by atoms with van der Waals surface area (Å²) in [6.07, 6.45) is 2.61. The number of rotatable bonds is 5. The van der Waals surface area contributed by atoms with Crippen LogP contribution in [-0.4, -0.2) is 21.1 Å². The Labute approximate surface area is 112 Å². The lowest BCUT2D eigenvalue weighted by Crippen LogP contribution is -2.21. The lowest BCUT2D eigenvalue weighted by molar-refractivity contribution is 0.714. The fourth-order valence-electron chi connectivity index (χ4n) is 1.73. The van der Waals surface area contributed by atoms with Crippen LogP contribution in [0.15, 0.2) is 35.4 Å².